The molecule has 0 bridgehead atoms. The average molecular weight is 413 g/mol. The van der Waals surface area contributed by atoms with Crippen LogP contribution in [0.25, 0.3) is 0 Å². The zero-order valence-corrected chi connectivity index (χ0v) is 18.6. The van der Waals surface area contributed by atoms with Gasteiger partial charge >= 0.3 is 5.97 Å². The van der Waals surface area contributed by atoms with Gasteiger partial charge in [0.05, 0.1) is 6.10 Å². The van der Waals surface area contributed by atoms with E-state index in [0.717, 1.165) is 5.56 Å². The highest BCUT2D eigenvalue weighted by molar-refractivity contribution is 5.81. The molecular weight excluding hydrogens is 380 g/mol. The predicted molar refractivity (Wildman–Crippen MR) is 117 cm³/mol. The summed E-state index contributed by atoms with van der Waals surface area (Å²) in [4.78, 5) is 23.6. The lowest BCUT2D eigenvalue weighted by molar-refractivity contribution is -0.147. The third-order valence-electron chi connectivity index (χ3n) is 4.43. The van der Waals surface area contributed by atoms with Crippen LogP contribution >= 0.6 is 0 Å². The van der Waals surface area contributed by atoms with Crippen LogP contribution in [0.2, 0.25) is 0 Å². The number of hydrogen-bond acceptors (Lipinski definition) is 5. The zero-order chi connectivity index (χ0) is 22.1. The summed E-state index contributed by atoms with van der Waals surface area (Å²) in [5.41, 5.74) is 2.30. The number of ether oxygens (including phenoxy) is 3. The van der Waals surface area contributed by atoms with Gasteiger partial charge in [-0.2, -0.15) is 0 Å². The molecule has 2 aromatic carbocycles. The number of ketones is 1. The number of aryl methyl sites for hydroxylation is 1. The van der Waals surface area contributed by atoms with Crippen LogP contribution in [0.1, 0.15) is 52.2 Å². The molecule has 2 aromatic rings. The molecule has 0 spiro atoms. The van der Waals surface area contributed by atoms with Crippen molar-refractivity contribution < 1.29 is 23.8 Å². The highest BCUT2D eigenvalue weighted by Crippen LogP contribution is 2.24. The second kappa shape index (κ2) is 10.8. The van der Waals surface area contributed by atoms with Gasteiger partial charge in [0.2, 0.25) is 5.78 Å². The van der Waals surface area contributed by atoms with Gasteiger partial charge in [-0.3, -0.25) is 9.59 Å². The first-order valence-electron chi connectivity index (χ1n) is 10.3. The summed E-state index contributed by atoms with van der Waals surface area (Å²) in [6, 6.07) is 15.1. The monoisotopic (exact) mass is 412 g/mol. The molecule has 0 unspecified atom stereocenters. The van der Waals surface area contributed by atoms with Crippen LogP contribution in [0.15, 0.2) is 48.5 Å². The van der Waals surface area contributed by atoms with Crippen molar-refractivity contribution in [2.75, 3.05) is 13.2 Å². The van der Waals surface area contributed by atoms with E-state index in [1.165, 1.54) is 5.56 Å². The number of rotatable bonds is 10. The van der Waals surface area contributed by atoms with Crippen molar-refractivity contribution in [3.63, 3.8) is 0 Å². The summed E-state index contributed by atoms with van der Waals surface area (Å²) in [5, 5.41) is 0. The van der Waals surface area contributed by atoms with E-state index >= 15 is 0 Å². The Morgan fingerprint density at radius 3 is 1.80 bits per heavy atom. The molecule has 0 radical (unpaired) electrons. The van der Waals surface area contributed by atoms with Gasteiger partial charge in [0.1, 0.15) is 24.7 Å². The topological polar surface area (TPSA) is 61.8 Å². The van der Waals surface area contributed by atoms with Crippen LogP contribution < -0.4 is 9.47 Å². The van der Waals surface area contributed by atoms with E-state index in [-0.39, 0.29) is 36.5 Å². The predicted octanol–water partition coefficient (Wildman–Crippen LogP) is 4.90. The van der Waals surface area contributed by atoms with E-state index in [4.69, 9.17) is 14.2 Å². The minimum Gasteiger partial charge on any atom is -0.486 e. The summed E-state index contributed by atoms with van der Waals surface area (Å²) in [6.45, 7) is 10.0. The van der Waals surface area contributed by atoms with Gasteiger partial charge in [-0.1, -0.05) is 45.0 Å². The number of hydrogen-bond donors (Lipinski definition) is 0. The summed E-state index contributed by atoms with van der Waals surface area (Å²) >= 11 is 0. The molecule has 0 heterocycles. The summed E-state index contributed by atoms with van der Waals surface area (Å²) in [5.74, 6) is 0.919. The maximum Gasteiger partial charge on any atom is 0.306 e. The molecule has 0 atom stereocenters. The first-order chi connectivity index (χ1) is 14.1. The zero-order valence-electron chi connectivity index (χ0n) is 18.6. The smallest absolute Gasteiger partial charge is 0.306 e. The molecule has 0 aliphatic heterocycles. The second-order valence-corrected chi connectivity index (χ2v) is 8.57. The third-order valence-corrected chi connectivity index (χ3v) is 4.43. The quantitative estimate of drug-likeness (QED) is 0.520. The van der Waals surface area contributed by atoms with E-state index in [2.05, 4.69) is 20.8 Å². The molecule has 30 heavy (non-hydrogen) atoms. The van der Waals surface area contributed by atoms with E-state index in [1.54, 1.807) is 12.1 Å². The molecule has 162 valence electrons. The molecule has 5 nitrogen and oxygen atoms in total. The van der Waals surface area contributed by atoms with Crippen molar-refractivity contribution in [3.8, 4) is 11.5 Å². The molecular formula is C25H32O5. The normalized spacial score (nSPS) is 11.3. The van der Waals surface area contributed by atoms with Crippen molar-refractivity contribution in [3.05, 3.63) is 59.7 Å². The van der Waals surface area contributed by atoms with Crippen molar-refractivity contribution in [2.24, 2.45) is 0 Å². The fraction of sp³-hybridized carbons (Fsp3) is 0.440. The molecule has 0 aromatic heterocycles. The standard InChI is InChI=1S/C25H32O5/c1-18(2)30-24(27)15-8-19-6-11-22(12-7-19)28-16-21(26)17-29-23-13-9-20(10-14-23)25(3,4)5/h6-7,9-14,18H,8,15-17H2,1-5H3. The highest BCUT2D eigenvalue weighted by atomic mass is 16.5. The lowest BCUT2D eigenvalue weighted by Gasteiger charge is -2.19. The van der Waals surface area contributed by atoms with Crippen molar-refractivity contribution in [1.82, 2.24) is 0 Å². The minimum absolute atomic E-state index is 0.0368. The summed E-state index contributed by atoms with van der Waals surface area (Å²) < 4.78 is 16.2. The Morgan fingerprint density at radius 1 is 0.833 bits per heavy atom. The largest absolute Gasteiger partial charge is 0.486 e. The number of carbonyl (C=O) groups excluding carboxylic acids is 2. The van der Waals surface area contributed by atoms with Crippen molar-refractivity contribution >= 4 is 11.8 Å². The fourth-order valence-corrected chi connectivity index (χ4v) is 2.74. The van der Waals surface area contributed by atoms with Crippen molar-refractivity contribution in [1.29, 1.82) is 0 Å². The number of Topliss-reactive ketones (excluding diaryl/α,β-unsaturated/α-hetero) is 1. The maximum atomic E-state index is 12.0. The SMILES string of the molecule is CC(C)OC(=O)CCc1ccc(OCC(=O)COc2ccc(C(C)(C)C)cc2)cc1. The molecule has 0 aliphatic carbocycles. The van der Waals surface area contributed by atoms with Crippen LogP contribution in [0.3, 0.4) is 0 Å². The van der Waals surface area contributed by atoms with Gasteiger partial charge in [-0.05, 0) is 61.1 Å². The number of benzene rings is 2. The van der Waals surface area contributed by atoms with E-state index < -0.39 is 0 Å². The van der Waals surface area contributed by atoms with Crippen LogP contribution in [-0.2, 0) is 26.2 Å². The molecule has 0 saturated heterocycles. The lowest BCUT2D eigenvalue weighted by Crippen LogP contribution is -2.19. The molecule has 0 N–H and O–H groups in total. The van der Waals surface area contributed by atoms with Crippen LogP contribution in [-0.4, -0.2) is 31.1 Å². The fourth-order valence-electron chi connectivity index (χ4n) is 2.74. The summed E-state index contributed by atoms with van der Waals surface area (Å²) in [6.07, 6.45) is 0.843. The van der Waals surface area contributed by atoms with Gasteiger partial charge in [-0.25, -0.2) is 0 Å². The Balaban J connectivity index is 1.72. The van der Waals surface area contributed by atoms with Crippen molar-refractivity contribution in [2.45, 2.75) is 59.0 Å². The molecule has 0 aliphatic rings. The first kappa shape index (κ1) is 23.5. The minimum atomic E-state index is -0.205. The van der Waals surface area contributed by atoms with Crippen LogP contribution in [0, 0.1) is 0 Å². The Hall–Kier alpha value is -2.82. The van der Waals surface area contributed by atoms with Gasteiger partial charge in [0, 0.05) is 6.42 Å². The van der Waals surface area contributed by atoms with Crippen LogP contribution in [0.4, 0.5) is 0 Å². The Labute approximate surface area is 179 Å². The number of carbonyl (C=O) groups is 2. The second-order valence-electron chi connectivity index (χ2n) is 8.57. The lowest BCUT2D eigenvalue weighted by atomic mass is 9.87. The maximum absolute atomic E-state index is 12.0. The van der Waals surface area contributed by atoms with E-state index in [9.17, 15) is 9.59 Å². The third kappa shape index (κ3) is 8.27. The van der Waals surface area contributed by atoms with E-state index in [1.807, 2.05) is 50.2 Å². The first-order valence-corrected chi connectivity index (χ1v) is 10.3. The highest BCUT2D eigenvalue weighted by Gasteiger charge is 2.13. The van der Waals surface area contributed by atoms with Gasteiger partial charge in [-0.15, -0.1) is 0 Å². The Kier molecular flexibility index (Phi) is 8.46. The Bertz CT molecular complexity index is 814. The summed E-state index contributed by atoms with van der Waals surface area (Å²) in [7, 11) is 0. The molecule has 0 amide bonds. The molecule has 2 rings (SSSR count). The molecule has 5 heteroatoms. The molecule has 0 saturated carbocycles. The van der Waals surface area contributed by atoms with Gasteiger partial charge in [0.15, 0.2) is 0 Å². The van der Waals surface area contributed by atoms with E-state index in [0.29, 0.717) is 24.3 Å². The molecule has 0 fully saturated rings. The van der Waals surface area contributed by atoms with Gasteiger partial charge < -0.3 is 14.2 Å². The van der Waals surface area contributed by atoms with Crippen LogP contribution in [0.5, 0.6) is 11.5 Å². The van der Waals surface area contributed by atoms with Gasteiger partial charge in [0.25, 0.3) is 0 Å². The Morgan fingerprint density at radius 2 is 1.33 bits per heavy atom. The average Bonchev–Trinajstić information content (AvgIpc) is 2.69. The number of esters is 1.